The lowest BCUT2D eigenvalue weighted by Crippen LogP contribution is -2.16. The van der Waals surface area contributed by atoms with Gasteiger partial charge in [0.05, 0.1) is 27.0 Å². The number of nitrogens with one attached hydrogen (secondary N) is 2. The van der Waals surface area contributed by atoms with Crippen LogP contribution >= 0.6 is 46.3 Å². The molecule has 0 spiro atoms. The molecule has 0 atom stereocenters. The van der Waals surface area contributed by atoms with Crippen molar-refractivity contribution >= 4 is 74.9 Å². The van der Waals surface area contributed by atoms with Gasteiger partial charge in [0.25, 0.3) is 11.6 Å². The SMILES string of the molecule is CCOC(=O)c1c(NC(=O)/C(C#N)=C\c2ccc(Sc3n[nH]c(-c4ccc(Cl)cc4Cl)n3)c([N+](=O)[O-])c2)sc2c1CCCC2. The number of anilines is 1. The van der Waals surface area contributed by atoms with Crippen LogP contribution in [0.5, 0.6) is 0 Å². The van der Waals surface area contributed by atoms with Gasteiger partial charge in [0, 0.05) is 21.5 Å². The third-order valence-electron chi connectivity index (χ3n) is 6.59. The lowest BCUT2D eigenvalue weighted by atomic mass is 9.95. The second-order valence-electron chi connectivity index (χ2n) is 9.44. The monoisotopic (exact) mass is 668 g/mol. The number of nitro benzene ring substituents is 1. The molecule has 11 nitrogen and oxygen atoms in total. The number of carbonyl (C=O) groups is 2. The zero-order valence-corrected chi connectivity index (χ0v) is 26.1. The Morgan fingerprint density at radius 3 is 2.77 bits per heavy atom. The molecule has 2 N–H and O–H groups in total. The molecule has 0 bridgehead atoms. The second-order valence-corrected chi connectivity index (χ2v) is 12.4. The summed E-state index contributed by atoms with van der Waals surface area (Å²) in [5.74, 6) is -0.909. The number of thiophene rings is 1. The summed E-state index contributed by atoms with van der Waals surface area (Å²) in [6.45, 7) is 1.88. The Morgan fingerprint density at radius 1 is 1.25 bits per heavy atom. The van der Waals surface area contributed by atoms with Crippen LogP contribution in [0.1, 0.15) is 46.1 Å². The molecule has 0 radical (unpaired) electrons. The number of amides is 1. The number of H-pyrrole nitrogens is 1. The third-order valence-corrected chi connectivity index (χ3v) is 9.27. The summed E-state index contributed by atoms with van der Waals surface area (Å²) in [6.07, 6.45) is 4.65. The van der Waals surface area contributed by atoms with E-state index in [1.807, 2.05) is 6.07 Å². The number of esters is 1. The van der Waals surface area contributed by atoms with Gasteiger partial charge in [-0.2, -0.15) is 5.26 Å². The van der Waals surface area contributed by atoms with E-state index in [4.69, 9.17) is 27.9 Å². The second kappa shape index (κ2) is 13.6. The number of aromatic nitrogens is 3. The Labute approximate surface area is 269 Å². The summed E-state index contributed by atoms with van der Waals surface area (Å²) >= 11 is 14.5. The number of nitrogens with zero attached hydrogens (tertiary/aromatic N) is 4. The Balaban J connectivity index is 1.38. The molecule has 4 aromatic rings. The Hall–Kier alpha value is -4.22. The molecule has 1 amide bonds. The number of aryl methyl sites for hydroxylation is 1. The highest BCUT2D eigenvalue weighted by Gasteiger charge is 2.28. The molecule has 1 aliphatic carbocycles. The number of hydrogen-bond acceptors (Lipinski definition) is 10. The van der Waals surface area contributed by atoms with E-state index in [-0.39, 0.29) is 33.5 Å². The van der Waals surface area contributed by atoms with Crippen LogP contribution in [0.2, 0.25) is 10.0 Å². The van der Waals surface area contributed by atoms with Crippen molar-refractivity contribution in [1.29, 1.82) is 5.26 Å². The predicted molar refractivity (Wildman–Crippen MR) is 168 cm³/mol. The van der Waals surface area contributed by atoms with Gasteiger partial charge >= 0.3 is 5.97 Å². The first-order chi connectivity index (χ1) is 21.2. The number of carbonyl (C=O) groups excluding carboxylic acids is 2. The molecule has 224 valence electrons. The van der Waals surface area contributed by atoms with Gasteiger partial charge in [-0.3, -0.25) is 20.0 Å². The molecule has 2 aromatic heterocycles. The minimum Gasteiger partial charge on any atom is -0.462 e. The molecule has 0 saturated heterocycles. The van der Waals surface area contributed by atoms with E-state index in [1.165, 1.54) is 35.6 Å². The number of nitriles is 1. The molecule has 0 unspecified atom stereocenters. The molecule has 0 saturated carbocycles. The Bertz CT molecular complexity index is 1860. The van der Waals surface area contributed by atoms with Crippen molar-refractivity contribution in [3.05, 3.63) is 83.7 Å². The van der Waals surface area contributed by atoms with Crippen LogP contribution in [-0.2, 0) is 22.4 Å². The van der Waals surface area contributed by atoms with Crippen molar-refractivity contribution in [2.24, 2.45) is 0 Å². The number of aromatic amines is 1. The number of halogens is 2. The van der Waals surface area contributed by atoms with Gasteiger partial charge in [-0.1, -0.05) is 29.3 Å². The summed E-state index contributed by atoms with van der Waals surface area (Å²) in [5.41, 5.74) is 1.45. The van der Waals surface area contributed by atoms with Crippen LogP contribution in [0, 0.1) is 21.4 Å². The molecule has 2 aromatic carbocycles. The maximum Gasteiger partial charge on any atom is 0.341 e. The van der Waals surface area contributed by atoms with Crippen molar-refractivity contribution in [3.63, 3.8) is 0 Å². The zero-order chi connectivity index (χ0) is 31.4. The molecule has 44 heavy (non-hydrogen) atoms. The summed E-state index contributed by atoms with van der Waals surface area (Å²) in [6, 6.07) is 11.0. The Kier molecular flexibility index (Phi) is 9.65. The van der Waals surface area contributed by atoms with Crippen LogP contribution in [0.15, 0.2) is 52.0 Å². The van der Waals surface area contributed by atoms with Crippen LogP contribution in [0.25, 0.3) is 17.5 Å². The van der Waals surface area contributed by atoms with Gasteiger partial charge < -0.3 is 10.1 Å². The van der Waals surface area contributed by atoms with Gasteiger partial charge in [-0.05, 0) is 85.8 Å². The van der Waals surface area contributed by atoms with Gasteiger partial charge in [-0.25, -0.2) is 9.78 Å². The number of fused-ring (bicyclic) bond motifs is 1. The number of ether oxygens (including phenoxy) is 1. The standard InChI is InChI=1S/C29H22Cl2N6O5S2/c1-2-42-28(39)24-19-5-3-4-6-22(19)43-27(24)34-26(38)16(14-32)11-15-7-10-23(21(12-15)37(40)41)44-29-33-25(35-36-29)18-9-8-17(30)13-20(18)31/h7-13H,2-6H2,1H3,(H,34,38)(H,33,35,36)/b16-11-. The first kappa shape index (κ1) is 31.2. The molecule has 2 heterocycles. The highest BCUT2D eigenvalue weighted by Crippen LogP contribution is 2.39. The fraction of sp³-hybridized carbons (Fsp3) is 0.207. The fourth-order valence-corrected chi connectivity index (χ4v) is 7.17. The molecule has 15 heteroatoms. The number of hydrogen-bond donors (Lipinski definition) is 2. The van der Waals surface area contributed by atoms with Crippen molar-refractivity contribution in [1.82, 2.24) is 15.2 Å². The molecule has 0 aliphatic heterocycles. The summed E-state index contributed by atoms with van der Waals surface area (Å²) in [7, 11) is 0. The Morgan fingerprint density at radius 2 is 2.05 bits per heavy atom. The van der Waals surface area contributed by atoms with Crippen molar-refractivity contribution in [2.45, 2.75) is 42.7 Å². The number of nitro groups is 1. The quantitative estimate of drug-likeness (QED) is 0.0604. The first-order valence-electron chi connectivity index (χ1n) is 13.3. The van der Waals surface area contributed by atoms with E-state index in [1.54, 1.807) is 25.1 Å². The molecule has 1 aliphatic rings. The molecule has 0 fully saturated rings. The highest BCUT2D eigenvalue weighted by atomic mass is 35.5. The summed E-state index contributed by atoms with van der Waals surface area (Å²) < 4.78 is 5.23. The highest BCUT2D eigenvalue weighted by molar-refractivity contribution is 7.99. The van der Waals surface area contributed by atoms with Gasteiger partial charge in [-0.15, -0.1) is 16.4 Å². The average Bonchev–Trinajstić information content (AvgIpc) is 3.60. The topological polar surface area (TPSA) is 164 Å². The van der Waals surface area contributed by atoms with Gasteiger partial charge in [0.1, 0.15) is 16.6 Å². The average molecular weight is 670 g/mol. The largest absolute Gasteiger partial charge is 0.462 e. The minimum absolute atomic E-state index is 0.182. The van der Waals surface area contributed by atoms with Crippen molar-refractivity contribution in [2.75, 3.05) is 11.9 Å². The lowest BCUT2D eigenvalue weighted by molar-refractivity contribution is -0.387. The van der Waals surface area contributed by atoms with Gasteiger partial charge in [0.2, 0.25) is 5.16 Å². The van der Waals surface area contributed by atoms with E-state index < -0.39 is 16.8 Å². The zero-order valence-electron chi connectivity index (χ0n) is 23.0. The van der Waals surface area contributed by atoms with E-state index >= 15 is 0 Å². The van der Waals surface area contributed by atoms with E-state index in [9.17, 15) is 25.0 Å². The van der Waals surface area contributed by atoms with E-state index in [0.29, 0.717) is 38.4 Å². The van der Waals surface area contributed by atoms with E-state index in [2.05, 4.69) is 20.5 Å². The van der Waals surface area contributed by atoms with Crippen LogP contribution in [0.3, 0.4) is 0 Å². The minimum atomic E-state index is -0.744. The smallest absolute Gasteiger partial charge is 0.341 e. The molecular weight excluding hydrogens is 647 g/mol. The van der Waals surface area contributed by atoms with Crippen molar-refractivity contribution < 1.29 is 19.2 Å². The van der Waals surface area contributed by atoms with Gasteiger partial charge in [0.15, 0.2) is 5.82 Å². The summed E-state index contributed by atoms with van der Waals surface area (Å²) in [4.78, 5) is 42.9. The fourth-order valence-electron chi connectivity index (χ4n) is 4.60. The normalized spacial score (nSPS) is 12.7. The van der Waals surface area contributed by atoms with E-state index in [0.717, 1.165) is 41.5 Å². The number of benzene rings is 2. The summed E-state index contributed by atoms with van der Waals surface area (Å²) in [5, 5.41) is 32.7. The van der Waals surface area contributed by atoms with Crippen LogP contribution < -0.4 is 5.32 Å². The van der Waals surface area contributed by atoms with Crippen LogP contribution in [-0.4, -0.2) is 38.6 Å². The molecule has 5 rings (SSSR count). The predicted octanol–water partition coefficient (Wildman–Crippen LogP) is 7.50. The maximum absolute atomic E-state index is 13.2. The third kappa shape index (κ3) is 6.79. The van der Waals surface area contributed by atoms with Crippen LogP contribution in [0.4, 0.5) is 10.7 Å². The number of rotatable bonds is 9. The molecular formula is C29H22Cl2N6O5S2. The first-order valence-corrected chi connectivity index (χ1v) is 15.7. The lowest BCUT2D eigenvalue weighted by Gasteiger charge is -2.12. The van der Waals surface area contributed by atoms with Crippen molar-refractivity contribution in [3.8, 4) is 17.5 Å². The maximum atomic E-state index is 13.2.